The Labute approximate surface area is 92.3 Å². The van der Waals surface area contributed by atoms with Gasteiger partial charge in [0.15, 0.2) is 5.58 Å². The first-order valence-corrected chi connectivity index (χ1v) is 4.52. The van der Waals surface area contributed by atoms with Crippen LogP contribution in [0.4, 0.5) is 13.2 Å². The molecular weight excluding hydrogens is 239 g/mol. The van der Waals surface area contributed by atoms with E-state index in [-0.39, 0.29) is 5.58 Å². The van der Waals surface area contributed by atoms with Crippen molar-refractivity contribution in [2.45, 2.75) is 6.18 Å². The molecule has 2 rings (SSSR count). The summed E-state index contributed by atoms with van der Waals surface area (Å²) >= 11 is 0. The first kappa shape index (κ1) is 11.4. The number of aryl methyl sites for hydroxylation is 1. The second-order valence-corrected chi connectivity index (χ2v) is 3.44. The fourth-order valence-corrected chi connectivity index (χ4v) is 1.44. The molecule has 4 nitrogen and oxygen atoms in total. The lowest BCUT2D eigenvalue weighted by atomic mass is 10.1. The minimum absolute atomic E-state index is 0.0485. The maximum absolute atomic E-state index is 12.2. The number of aromatic nitrogens is 1. The van der Waals surface area contributed by atoms with Gasteiger partial charge in [-0.1, -0.05) is 0 Å². The van der Waals surface area contributed by atoms with Crippen molar-refractivity contribution in [2.24, 2.45) is 7.05 Å². The molecule has 17 heavy (non-hydrogen) atoms. The fourth-order valence-electron chi connectivity index (χ4n) is 1.44. The Morgan fingerprint density at radius 3 is 2.59 bits per heavy atom. The summed E-state index contributed by atoms with van der Waals surface area (Å²) in [5.74, 6) is -2.66. The summed E-state index contributed by atoms with van der Waals surface area (Å²) in [4.78, 5) is 22.1. The van der Waals surface area contributed by atoms with Gasteiger partial charge in [0.1, 0.15) is 0 Å². The van der Waals surface area contributed by atoms with E-state index in [0.717, 1.165) is 16.7 Å². The van der Waals surface area contributed by atoms with Gasteiger partial charge in [-0.15, -0.1) is 0 Å². The molecule has 0 aliphatic rings. The van der Waals surface area contributed by atoms with Gasteiger partial charge in [-0.3, -0.25) is 9.36 Å². The maximum atomic E-state index is 12.2. The van der Waals surface area contributed by atoms with Crippen LogP contribution < -0.4 is 5.76 Å². The monoisotopic (exact) mass is 245 g/mol. The van der Waals surface area contributed by atoms with Gasteiger partial charge in [-0.05, 0) is 18.2 Å². The zero-order valence-corrected chi connectivity index (χ0v) is 8.54. The molecular formula is C10H6F3NO3. The summed E-state index contributed by atoms with van der Waals surface area (Å²) in [6, 6.07) is 3.15. The SMILES string of the molecule is Cn1c(=O)oc2cc(C(=O)C(F)(F)F)ccc21. The number of carbonyl (C=O) groups is 1. The highest BCUT2D eigenvalue weighted by Gasteiger charge is 2.39. The van der Waals surface area contributed by atoms with Crippen LogP contribution in [0, 0.1) is 0 Å². The van der Waals surface area contributed by atoms with Crippen LogP contribution in [0.15, 0.2) is 27.4 Å². The predicted octanol–water partition coefficient (Wildman–Crippen LogP) is 1.88. The standard InChI is InChI=1S/C10H6F3NO3/c1-14-6-3-2-5(8(15)10(11,12)13)4-7(6)17-9(14)16/h2-4H,1H3. The smallest absolute Gasteiger partial charge is 0.408 e. The van der Waals surface area contributed by atoms with Crippen LogP contribution in [0.1, 0.15) is 10.4 Å². The minimum atomic E-state index is -4.94. The van der Waals surface area contributed by atoms with E-state index >= 15 is 0 Å². The average Bonchev–Trinajstić information content (AvgIpc) is 2.52. The molecule has 0 N–H and O–H groups in total. The highest BCUT2D eigenvalue weighted by atomic mass is 19.4. The molecule has 0 unspecified atom stereocenters. The minimum Gasteiger partial charge on any atom is -0.408 e. The van der Waals surface area contributed by atoms with Crippen molar-refractivity contribution >= 4 is 16.9 Å². The normalized spacial score (nSPS) is 12.0. The van der Waals surface area contributed by atoms with Crippen LogP contribution in [0.5, 0.6) is 0 Å². The molecule has 0 spiro atoms. The molecule has 0 atom stereocenters. The van der Waals surface area contributed by atoms with Crippen molar-refractivity contribution < 1.29 is 22.4 Å². The van der Waals surface area contributed by atoms with Crippen molar-refractivity contribution in [1.29, 1.82) is 0 Å². The highest BCUT2D eigenvalue weighted by Crippen LogP contribution is 2.23. The summed E-state index contributed by atoms with van der Waals surface area (Å²) in [6.07, 6.45) is -4.94. The number of fused-ring (bicyclic) bond motifs is 1. The summed E-state index contributed by atoms with van der Waals surface area (Å²) < 4.78 is 42.3. The van der Waals surface area contributed by atoms with Crippen LogP contribution in [-0.2, 0) is 7.05 Å². The van der Waals surface area contributed by atoms with E-state index in [1.807, 2.05) is 0 Å². The summed E-state index contributed by atoms with van der Waals surface area (Å²) in [6.45, 7) is 0. The molecule has 0 saturated carbocycles. The third kappa shape index (κ3) is 1.83. The van der Waals surface area contributed by atoms with Gasteiger partial charge < -0.3 is 4.42 Å². The van der Waals surface area contributed by atoms with Gasteiger partial charge in [0.2, 0.25) is 0 Å². The Bertz CT molecular complexity index is 651. The number of halogens is 3. The van der Waals surface area contributed by atoms with Crippen LogP contribution in [0.25, 0.3) is 11.1 Å². The number of ketones is 1. The number of hydrogen-bond acceptors (Lipinski definition) is 3. The number of alkyl halides is 3. The lowest BCUT2D eigenvalue weighted by Gasteiger charge is -2.04. The van der Waals surface area contributed by atoms with Gasteiger partial charge in [0, 0.05) is 12.6 Å². The average molecular weight is 245 g/mol. The van der Waals surface area contributed by atoms with Gasteiger partial charge >= 0.3 is 11.9 Å². The van der Waals surface area contributed by atoms with Crippen LogP contribution in [-0.4, -0.2) is 16.5 Å². The van der Waals surface area contributed by atoms with Gasteiger partial charge in [-0.2, -0.15) is 13.2 Å². The lowest BCUT2D eigenvalue weighted by molar-refractivity contribution is -0.0885. The number of nitrogens with zero attached hydrogens (tertiary/aromatic N) is 1. The topological polar surface area (TPSA) is 52.2 Å². The van der Waals surface area contributed by atoms with Crippen LogP contribution >= 0.6 is 0 Å². The summed E-state index contributed by atoms with van der Waals surface area (Å²) in [5, 5.41) is 0. The lowest BCUT2D eigenvalue weighted by Crippen LogP contribution is -2.22. The molecule has 90 valence electrons. The van der Waals surface area contributed by atoms with Gasteiger partial charge in [-0.25, -0.2) is 4.79 Å². The molecule has 1 heterocycles. The first-order chi connectivity index (χ1) is 7.80. The van der Waals surface area contributed by atoms with E-state index in [1.54, 1.807) is 0 Å². The van der Waals surface area contributed by atoms with Crippen molar-refractivity contribution in [3.05, 3.63) is 34.3 Å². The molecule has 0 amide bonds. The maximum Gasteiger partial charge on any atom is 0.454 e. The number of oxazole rings is 1. The van der Waals surface area contributed by atoms with E-state index < -0.39 is 23.3 Å². The van der Waals surface area contributed by atoms with Crippen molar-refractivity contribution in [3.8, 4) is 0 Å². The number of rotatable bonds is 1. The predicted molar refractivity (Wildman–Crippen MR) is 51.8 cm³/mol. The van der Waals surface area contributed by atoms with E-state index in [2.05, 4.69) is 4.42 Å². The Hall–Kier alpha value is -2.05. The highest BCUT2D eigenvalue weighted by molar-refractivity contribution is 6.02. The molecule has 0 saturated heterocycles. The fraction of sp³-hybridized carbons (Fsp3) is 0.200. The quantitative estimate of drug-likeness (QED) is 0.721. The molecule has 0 bridgehead atoms. The van der Waals surface area contributed by atoms with Gasteiger partial charge in [0.25, 0.3) is 5.78 Å². The number of carbonyl (C=O) groups excluding carboxylic acids is 1. The Morgan fingerprint density at radius 2 is 2.00 bits per heavy atom. The molecule has 0 aliphatic carbocycles. The molecule has 7 heteroatoms. The molecule has 0 fully saturated rings. The molecule has 1 aromatic heterocycles. The van der Waals surface area contributed by atoms with E-state index in [9.17, 15) is 22.8 Å². The van der Waals surface area contributed by atoms with Crippen molar-refractivity contribution in [2.75, 3.05) is 0 Å². The van der Waals surface area contributed by atoms with Crippen LogP contribution in [0.2, 0.25) is 0 Å². The third-order valence-corrected chi connectivity index (χ3v) is 2.31. The van der Waals surface area contributed by atoms with E-state index in [0.29, 0.717) is 5.52 Å². The second kappa shape index (κ2) is 3.47. The van der Waals surface area contributed by atoms with Crippen LogP contribution in [0.3, 0.4) is 0 Å². The largest absolute Gasteiger partial charge is 0.454 e. The zero-order chi connectivity index (χ0) is 12.8. The number of benzene rings is 1. The molecule has 2 aromatic rings. The Morgan fingerprint density at radius 1 is 1.35 bits per heavy atom. The summed E-state index contributed by atoms with van der Waals surface area (Å²) in [7, 11) is 1.42. The Kier molecular flexibility index (Phi) is 2.34. The van der Waals surface area contributed by atoms with Crippen molar-refractivity contribution in [1.82, 2.24) is 4.57 Å². The number of hydrogen-bond donors (Lipinski definition) is 0. The third-order valence-electron chi connectivity index (χ3n) is 2.31. The molecule has 1 aromatic carbocycles. The van der Waals surface area contributed by atoms with Crippen molar-refractivity contribution in [3.63, 3.8) is 0 Å². The Balaban J connectivity index is 2.60. The number of Topliss-reactive ketones (excluding diaryl/α,β-unsaturated/α-hetero) is 1. The summed E-state index contributed by atoms with van der Waals surface area (Å²) in [5.41, 5.74) is -0.277. The zero-order valence-electron chi connectivity index (χ0n) is 8.54. The van der Waals surface area contributed by atoms with E-state index in [1.165, 1.54) is 13.1 Å². The molecule has 0 radical (unpaired) electrons. The van der Waals surface area contributed by atoms with Gasteiger partial charge in [0.05, 0.1) is 5.52 Å². The first-order valence-electron chi connectivity index (χ1n) is 4.52. The second-order valence-electron chi connectivity index (χ2n) is 3.44. The van der Waals surface area contributed by atoms with E-state index in [4.69, 9.17) is 0 Å². The molecule has 0 aliphatic heterocycles.